The molecule has 1 N–H and O–H groups in total. The van der Waals surface area contributed by atoms with E-state index in [9.17, 15) is 124 Å². The number of esters is 1. The summed E-state index contributed by atoms with van der Waals surface area (Å²) in [5, 5.41) is 8.24. The van der Waals surface area contributed by atoms with Crippen LogP contribution in [-0.4, -0.2) is 95.2 Å². The van der Waals surface area contributed by atoms with Crippen LogP contribution < -0.4 is 0 Å². The van der Waals surface area contributed by atoms with E-state index in [1.807, 2.05) is 0 Å². The standard InChI is InChI=1S/2C11H7F13O2/c1-4(5(25)26)2-3-6(12,13)7(14,15)8(16,17)9(18,19)10(20,21)11(22,23)24;1-2-5(25)26-4-3-6(12,13)7(14,15)8(16,17)9(18,19)10(20,21)11(22,23)24/h1-3H2,(H,25,26);2H,1,3-4H2. The van der Waals surface area contributed by atoms with Crippen LogP contribution in [0.5, 0.6) is 0 Å². The first kappa shape index (κ1) is 50.7. The Hall–Kier alpha value is -3.40. The lowest BCUT2D eigenvalue weighted by Gasteiger charge is -2.39. The van der Waals surface area contributed by atoms with Gasteiger partial charge in [-0.05, 0) is 6.42 Å². The summed E-state index contributed by atoms with van der Waals surface area (Å²) in [6.45, 7) is 3.48. The van der Waals surface area contributed by atoms with Crippen LogP contribution in [0.4, 0.5) is 114 Å². The molecule has 0 atom stereocenters. The van der Waals surface area contributed by atoms with Gasteiger partial charge in [0.15, 0.2) is 0 Å². The van der Waals surface area contributed by atoms with Gasteiger partial charge in [0.25, 0.3) is 0 Å². The van der Waals surface area contributed by atoms with Gasteiger partial charge in [0.05, 0.1) is 13.0 Å². The number of alkyl halides is 26. The minimum atomic E-state index is -7.96. The maximum Gasteiger partial charge on any atom is 0.460 e. The number of halogens is 26. The summed E-state index contributed by atoms with van der Waals surface area (Å²) in [6, 6.07) is 0. The summed E-state index contributed by atoms with van der Waals surface area (Å²) in [5.74, 6) is -78.1. The molecule has 0 bridgehead atoms. The minimum Gasteiger partial charge on any atom is -0.478 e. The van der Waals surface area contributed by atoms with Crippen LogP contribution in [0.3, 0.4) is 0 Å². The maximum atomic E-state index is 13.2. The highest BCUT2D eigenvalue weighted by molar-refractivity contribution is 5.85. The number of aliphatic carboxylic acids is 1. The molecule has 0 aromatic rings. The molecule has 0 aromatic carbocycles. The second-order valence-electron chi connectivity index (χ2n) is 9.53. The summed E-state index contributed by atoms with van der Waals surface area (Å²) in [6.07, 6.45) is -21.5. The Bertz CT molecular complexity index is 1290. The summed E-state index contributed by atoms with van der Waals surface area (Å²) in [7, 11) is 0. The number of hydrogen-bond donors (Lipinski definition) is 1. The molecule has 0 saturated heterocycles. The third-order valence-corrected chi connectivity index (χ3v) is 5.87. The lowest BCUT2D eigenvalue weighted by Crippen LogP contribution is -2.70. The van der Waals surface area contributed by atoms with Gasteiger partial charge in [-0.15, -0.1) is 0 Å². The van der Waals surface area contributed by atoms with E-state index in [2.05, 4.69) is 17.9 Å². The highest BCUT2D eigenvalue weighted by Crippen LogP contribution is 2.62. The van der Waals surface area contributed by atoms with E-state index in [1.165, 1.54) is 0 Å². The van der Waals surface area contributed by atoms with Crippen LogP contribution in [-0.2, 0) is 14.3 Å². The molecule has 52 heavy (non-hydrogen) atoms. The van der Waals surface area contributed by atoms with Gasteiger partial charge >= 0.3 is 83.5 Å². The van der Waals surface area contributed by atoms with E-state index in [1.54, 1.807) is 0 Å². The average Bonchev–Trinajstić information content (AvgIpc) is 2.93. The van der Waals surface area contributed by atoms with E-state index in [0.29, 0.717) is 6.08 Å². The number of hydrogen-bond acceptors (Lipinski definition) is 3. The second-order valence-corrected chi connectivity index (χ2v) is 9.53. The number of rotatable bonds is 16. The van der Waals surface area contributed by atoms with Gasteiger partial charge in [-0.3, -0.25) is 0 Å². The van der Waals surface area contributed by atoms with Crippen molar-refractivity contribution in [2.45, 2.75) is 90.8 Å². The SMILES string of the molecule is C=C(CCC(F)(F)C(F)(F)C(F)(F)C(F)(F)C(F)(F)C(F)(F)F)C(=O)O.C=CC(=O)OCCC(F)(F)C(F)(F)C(F)(F)C(F)(F)C(F)(F)C(F)(F)F. The van der Waals surface area contributed by atoms with Crippen LogP contribution in [0.2, 0.25) is 0 Å². The molecule has 0 saturated carbocycles. The fourth-order valence-electron chi connectivity index (χ4n) is 2.67. The number of carbonyl (C=O) groups excluding carboxylic acids is 1. The largest absolute Gasteiger partial charge is 0.478 e. The zero-order chi connectivity index (χ0) is 43.0. The smallest absolute Gasteiger partial charge is 0.460 e. The number of carboxylic acids is 1. The van der Waals surface area contributed by atoms with E-state index in [0.717, 1.165) is 0 Å². The van der Waals surface area contributed by atoms with Crippen molar-refractivity contribution in [3.05, 3.63) is 24.8 Å². The second kappa shape index (κ2) is 14.8. The molecule has 0 aliphatic heterocycles. The first-order chi connectivity index (χ1) is 22.3. The molecule has 0 spiro atoms. The monoisotopic (exact) mass is 836 g/mol. The molecular weight excluding hydrogens is 822 g/mol. The topological polar surface area (TPSA) is 63.6 Å². The fraction of sp³-hybridized carbons (Fsp3) is 0.727. The zero-order valence-corrected chi connectivity index (χ0v) is 23.8. The van der Waals surface area contributed by atoms with Crippen LogP contribution >= 0.6 is 0 Å². The molecule has 0 heterocycles. The highest BCUT2D eigenvalue weighted by atomic mass is 19.4. The normalized spacial score (nSPS) is 15.0. The molecule has 0 fully saturated rings. The van der Waals surface area contributed by atoms with Crippen molar-refractivity contribution in [3.8, 4) is 0 Å². The lowest BCUT2D eigenvalue weighted by molar-refractivity contribution is -0.440. The summed E-state index contributed by atoms with van der Waals surface area (Å²) >= 11 is 0. The first-order valence-corrected chi connectivity index (χ1v) is 11.9. The minimum absolute atomic E-state index is 0.308. The molecule has 0 aliphatic rings. The Morgan fingerprint density at radius 2 is 0.750 bits per heavy atom. The predicted molar refractivity (Wildman–Crippen MR) is 113 cm³/mol. The highest BCUT2D eigenvalue weighted by Gasteiger charge is 2.92. The van der Waals surface area contributed by atoms with E-state index < -0.39 is 115 Å². The van der Waals surface area contributed by atoms with Crippen molar-refractivity contribution >= 4 is 11.9 Å². The Balaban J connectivity index is 0. The average molecular weight is 836 g/mol. The lowest BCUT2D eigenvalue weighted by atomic mass is 9.91. The summed E-state index contributed by atoms with van der Waals surface area (Å²) < 4.78 is 334. The van der Waals surface area contributed by atoms with Crippen molar-refractivity contribution in [1.82, 2.24) is 0 Å². The van der Waals surface area contributed by atoms with Gasteiger partial charge < -0.3 is 9.84 Å². The summed E-state index contributed by atoms with van der Waals surface area (Å²) in [4.78, 5) is 20.7. The molecule has 0 aromatic heterocycles. The molecule has 308 valence electrons. The Kier molecular flexibility index (Phi) is 14.4. The van der Waals surface area contributed by atoms with Crippen molar-refractivity contribution < 1.29 is 134 Å². The zero-order valence-electron chi connectivity index (χ0n) is 23.8. The number of carboxylic acid groups (broad SMARTS) is 1. The molecule has 30 heteroatoms. The Labute approximate surface area is 269 Å². The van der Waals surface area contributed by atoms with Gasteiger partial charge in [0.2, 0.25) is 0 Å². The van der Waals surface area contributed by atoms with Crippen LogP contribution in [0, 0.1) is 0 Å². The van der Waals surface area contributed by atoms with Crippen LogP contribution in [0.1, 0.15) is 19.3 Å². The van der Waals surface area contributed by atoms with E-state index >= 15 is 0 Å². The van der Waals surface area contributed by atoms with Crippen molar-refractivity contribution in [1.29, 1.82) is 0 Å². The number of ether oxygens (including phenoxy) is 1. The van der Waals surface area contributed by atoms with Crippen molar-refractivity contribution in [3.63, 3.8) is 0 Å². The van der Waals surface area contributed by atoms with Crippen molar-refractivity contribution in [2.24, 2.45) is 0 Å². The van der Waals surface area contributed by atoms with E-state index in [4.69, 9.17) is 5.11 Å². The number of carbonyl (C=O) groups is 2. The molecule has 0 radical (unpaired) electrons. The first-order valence-electron chi connectivity index (χ1n) is 11.9. The van der Waals surface area contributed by atoms with Gasteiger partial charge in [-0.25, -0.2) is 9.59 Å². The van der Waals surface area contributed by atoms with E-state index in [-0.39, 0.29) is 0 Å². The maximum absolute atomic E-state index is 13.2. The van der Waals surface area contributed by atoms with Crippen LogP contribution in [0.25, 0.3) is 0 Å². The third-order valence-electron chi connectivity index (χ3n) is 5.87. The molecule has 0 aliphatic carbocycles. The van der Waals surface area contributed by atoms with Gasteiger partial charge in [0.1, 0.15) is 0 Å². The van der Waals surface area contributed by atoms with Gasteiger partial charge in [-0.1, -0.05) is 13.2 Å². The Morgan fingerprint density at radius 3 is 1.00 bits per heavy atom. The molecule has 4 nitrogen and oxygen atoms in total. The Morgan fingerprint density at radius 1 is 0.481 bits per heavy atom. The molecular formula is C22H14F26O4. The molecule has 0 amide bonds. The third kappa shape index (κ3) is 8.69. The van der Waals surface area contributed by atoms with Gasteiger partial charge in [-0.2, -0.15) is 114 Å². The molecule has 0 unspecified atom stereocenters. The van der Waals surface area contributed by atoms with Gasteiger partial charge in [0, 0.05) is 18.1 Å². The van der Waals surface area contributed by atoms with Crippen molar-refractivity contribution in [2.75, 3.05) is 6.61 Å². The fourth-order valence-corrected chi connectivity index (χ4v) is 2.67. The molecule has 0 rings (SSSR count). The summed E-state index contributed by atoms with van der Waals surface area (Å²) in [5.41, 5.74) is -1.27. The predicted octanol–water partition coefficient (Wildman–Crippen LogP) is 9.99. The van der Waals surface area contributed by atoms with Crippen LogP contribution in [0.15, 0.2) is 24.8 Å². The quantitative estimate of drug-likeness (QED) is 0.0956.